The maximum absolute atomic E-state index is 8.46. The summed E-state index contributed by atoms with van der Waals surface area (Å²) in [5.74, 6) is 0. The Morgan fingerprint density at radius 1 is 1.33 bits per heavy atom. The molecule has 0 radical (unpaired) electrons. The van der Waals surface area contributed by atoms with Crippen molar-refractivity contribution < 1.29 is 19.8 Å². The molecule has 0 aliphatic rings. The van der Waals surface area contributed by atoms with Crippen molar-refractivity contribution in [2.24, 2.45) is 0 Å². The molecule has 0 aliphatic heterocycles. The van der Waals surface area contributed by atoms with E-state index in [1.165, 1.54) is 0 Å². The molecule has 1 aromatic carbocycles. The molecule has 0 atom stereocenters. The van der Waals surface area contributed by atoms with Crippen LogP contribution >= 0.6 is 0 Å². The van der Waals surface area contributed by atoms with Gasteiger partial charge in [0.05, 0.1) is 0 Å². The van der Waals surface area contributed by atoms with E-state index in [9.17, 15) is 0 Å². The van der Waals surface area contributed by atoms with Gasteiger partial charge in [-0.05, 0) is 0 Å². The fourth-order valence-corrected chi connectivity index (χ4v) is 1.07. The van der Waals surface area contributed by atoms with E-state index in [1.807, 2.05) is 24.3 Å². The van der Waals surface area contributed by atoms with Gasteiger partial charge in [0.2, 0.25) is 0 Å². The van der Waals surface area contributed by atoms with Gasteiger partial charge in [0, 0.05) is 0 Å². The summed E-state index contributed by atoms with van der Waals surface area (Å²) in [5, 5.41) is 8.46. The number of nitrogens with zero attached hydrogens (tertiary/aromatic N) is 1. The first-order valence-electron chi connectivity index (χ1n) is 2.46. The predicted octanol–water partition coefficient (Wildman–Crippen LogP) is 0.730. The maximum atomic E-state index is 8.46. The average molecular weight is 297 g/mol. The third kappa shape index (κ3) is 1.40. The third-order valence-corrected chi connectivity index (χ3v) is 1.96. The molecule has 0 amide bonds. The van der Waals surface area contributed by atoms with E-state index >= 15 is 0 Å². The zero-order valence-corrected chi connectivity index (χ0v) is 6.85. The number of hydrogen-bond donors (Lipinski definition) is 0. The van der Waals surface area contributed by atoms with E-state index in [4.69, 9.17) is 5.26 Å². The first kappa shape index (κ1) is 6.52. The summed E-state index contributed by atoms with van der Waals surface area (Å²) in [6.45, 7) is 0. The van der Waals surface area contributed by atoms with Crippen molar-refractivity contribution in [3.8, 4) is 6.07 Å². The van der Waals surface area contributed by atoms with Gasteiger partial charge < -0.3 is 0 Å². The minimum absolute atomic E-state index is 0.749. The Morgan fingerprint density at radius 2 is 2.00 bits per heavy atom. The molecule has 1 rings (SSSR count). The van der Waals surface area contributed by atoms with Crippen LogP contribution in [0.25, 0.3) is 0 Å². The summed E-state index contributed by atoms with van der Waals surface area (Å²) in [5.41, 5.74) is 0.749. The summed E-state index contributed by atoms with van der Waals surface area (Å²) in [7, 11) is 0. The Labute approximate surface area is 65.2 Å². The summed E-state index contributed by atoms with van der Waals surface area (Å²) in [6.07, 6.45) is 0. The van der Waals surface area contributed by atoms with E-state index in [0.717, 1.165) is 9.52 Å². The molecular weight excluding hydrogens is 293 g/mol. The molecule has 0 aromatic heterocycles. The van der Waals surface area contributed by atoms with Gasteiger partial charge in [-0.1, -0.05) is 0 Å². The van der Waals surface area contributed by atoms with Crippen LogP contribution in [0, 0.1) is 11.3 Å². The van der Waals surface area contributed by atoms with Gasteiger partial charge in [-0.25, -0.2) is 0 Å². The Balaban J connectivity index is 3.20. The summed E-state index contributed by atoms with van der Waals surface area (Å²) in [6, 6.07) is 9.59. The molecule has 0 aliphatic carbocycles. The number of hydrogen-bond acceptors (Lipinski definition) is 1. The Kier molecular flexibility index (Phi) is 2.03. The molecule has 9 heavy (non-hydrogen) atoms. The first-order chi connectivity index (χ1) is 4.34. The van der Waals surface area contributed by atoms with Gasteiger partial charge in [0.15, 0.2) is 0 Å². The van der Waals surface area contributed by atoms with Gasteiger partial charge in [0.1, 0.15) is 0 Å². The predicted molar refractivity (Wildman–Crippen MR) is 30.8 cm³/mol. The van der Waals surface area contributed by atoms with Gasteiger partial charge in [0.25, 0.3) is 0 Å². The van der Waals surface area contributed by atoms with Crippen molar-refractivity contribution in [3.05, 3.63) is 29.8 Å². The van der Waals surface area contributed by atoms with Crippen molar-refractivity contribution in [1.29, 1.82) is 5.26 Å². The average Bonchev–Trinajstić information content (AvgIpc) is 1.89. The number of rotatable bonds is 0. The minimum atomic E-state index is 0.749. The van der Waals surface area contributed by atoms with Crippen LogP contribution in [0.15, 0.2) is 24.3 Å². The Bertz CT molecular complexity index is 249. The molecule has 0 heterocycles. The van der Waals surface area contributed by atoms with Crippen LogP contribution in [0.1, 0.15) is 5.56 Å². The monoisotopic (exact) mass is 297 g/mol. The van der Waals surface area contributed by atoms with Crippen molar-refractivity contribution in [3.63, 3.8) is 0 Å². The van der Waals surface area contributed by atoms with E-state index in [1.54, 1.807) is 0 Å². The summed E-state index contributed by atoms with van der Waals surface area (Å²) < 4.78 is 1.01. The molecule has 0 bridgehead atoms. The quantitative estimate of drug-likeness (QED) is 0.692. The van der Waals surface area contributed by atoms with Crippen molar-refractivity contribution in [2.45, 2.75) is 0 Å². The fourth-order valence-electron chi connectivity index (χ4n) is 0.537. The van der Waals surface area contributed by atoms with Gasteiger partial charge in [-0.15, -0.1) is 0 Å². The molecule has 47 valence electrons. The van der Waals surface area contributed by atoms with Crippen molar-refractivity contribution >= 4 is 3.95 Å². The molecule has 0 unspecified atom stereocenters. The molecule has 1 nitrogen and oxygen atoms in total. The Morgan fingerprint density at radius 3 is 2.44 bits per heavy atom. The van der Waals surface area contributed by atoms with E-state index < -0.39 is 0 Å². The molecule has 0 saturated carbocycles. The van der Waals surface area contributed by atoms with Crippen LogP contribution in [-0.4, -0.2) is 0 Å². The topological polar surface area (TPSA) is 23.8 Å². The molecule has 1 aromatic rings. The van der Waals surface area contributed by atoms with Crippen LogP contribution in [0.4, 0.5) is 0 Å². The van der Waals surface area contributed by atoms with Crippen molar-refractivity contribution in [2.75, 3.05) is 0 Å². The molecule has 0 N–H and O–H groups in total. The Hall–Kier alpha value is -0.602. The van der Waals surface area contributed by atoms with Gasteiger partial charge in [-0.2, -0.15) is 0 Å². The fraction of sp³-hybridized carbons (Fsp3) is 0. The van der Waals surface area contributed by atoms with E-state index in [0.29, 0.717) is 0 Å². The zero-order valence-electron chi connectivity index (χ0n) is 4.57. The molecule has 0 fully saturated rings. The third-order valence-electron chi connectivity index (χ3n) is 0.967. The normalized spacial score (nSPS) is 8.56. The van der Waals surface area contributed by atoms with E-state index in [-0.39, 0.29) is 0 Å². The van der Waals surface area contributed by atoms with Crippen LogP contribution in [0.3, 0.4) is 0 Å². The summed E-state index contributed by atoms with van der Waals surface area (Å²) in [4.78, 5) is 0. The second-order valence-electron chi connectivity index (χ2n) is 1.56. The second kappa shape index (κ2) is 2.80. The first-order valence-corrected chi connectivity index (χ1v) is 3.60. The van der Waals surface area contributed by atoms with Crippen LogP contribution < -0.4 is 3.95 Å². The standard InChI is InChI=1S/C7H4N.Pt/c8-6-7-4-2-1-3-5-7;/h1-4H;. The van der Waals surface area contributed by atoms with Crippen LogP contribution in [0.2, 0.25) is 0 Å². The summed E-state index contributed by atoms with van der Waals surface area (Å²) >= 11 is 2.12. The van der Waals surface area contributed by atoms with Crippen LogP contribution in [-0.2, 0) is 19.8 Å². The molecule has 0 saturated heterocycles. The van der Waals surface area contributed by atoms with E-state index in [2.05, 4.69) is 25.9 Å². The second-order valence-corrected chi connectivity index (χ2v) is 2.78. The van der Waals surface area contributed by atoms with Gasteiger partial charge in [-0.3, -0.25) is 0 Å². The molecule has 0 spiro atoms. The number of nitriles is 1. The zero-order chi connectivity index (χ0) is 6.69. The number of benzene rings is 1. The SMILES string of the molecule is N#Cc1cccc[c]1[Pt]. The molecular formula is C7H4NPt. The molecule has 2 heteroatoms. The van der Waals surface area contributed by atoms with Crippen LogP contribution in [0.5, 0.6) is 0 Å². The van der Waals surface area contributed by atoms with Crippen molar-refractivity contribution in [1.82, 2.24) is 0 Å². The van der Waals surface area contributed by atoms with Gasteiger partial charge >= 0.3 is 64.9 Å².